The highest BCUT2D eigenvalue weighted by Gasteiger charge is 1.99. The summed E-state index contributed by atoms with van der Waals surface area (Å²) in [7, 11) is 0. The van der Waals surface area contributed by atoms with E-state index in [1.165, 1.54) is 16.7 Å². The van der Waals surface area contributed by atoms with E-state index in [4.69, 9.17) is 5.26 Å². The van der Waals surface area contributed by atoms with Gasteiger partial charge in [0.15, 0.2) is 5.69 Å². The molecule has 2 rings (SSSR count). The molecule has 1 N–H and O–H groups in total. The first-order valence-corrected chi connectivity index (χ1v) is 5.73. The van der Waals surface area contributed by atoms with E-state index in [0.717, 1.165) is 0 Å². The molecule has 0 fully saturated rings. The molecule has 1 heterocycles. The molecule has 90 valence electrons. The second-order valence-electron chi connectivity index (χ2n) is 4.19. The molecule has 0 unspecified atom stereocenters. The van der Waals surface area contributed by atoms with Crippen LogP contribution in [0.2, 0.25) is 0 Å². The quantitative estimate of drug-likeness (QED) is 0.892. The van der Waals surface area contributed by atoms with Gasteiger partial charge in [-0.1, -0.05) is 18.2 Å². The van der Waals surface area contributed by atoms with Gasteiger partial charge in [0.05, 0.1) is 0 Å². The Kier molecular flexibility index (Phi) is 3.54. The molecule has 0 atom stereocenters. The molecule has 0 amide bonds. The number of rotatable bonds is 3. The Hall–Kier alpha value is -2.41. The van der Waals surface area contributed by atoms with E-state index in [-0.39, 0.29) is 0 Å². The highest BCUT2D eigenvalue weighted by molar-refractivity contribution is 5.37. The molecule has 0 aliphatic heterocycles. The molecule has 0 radical (unpaired) electrons. The maximum Gasteiger partial charge on any atom is 0.163 e. The summed E-state index contributed by atoms with van der Waals surface area (Å²) in [5.74, 6) is 0.673. The average Bonchev–Trinajstić information content (AvgIpc) is 2.41. The van der Waals surface area contributed by atoms with Gasteiger partial charge >= 0.3 is 0 Å². The van der Waals surface area contributed by atoms with Crippen LogP contribution in [0.15, 0.2) is 30.3 Å². The molecule has 4 heteroatoms. The predicted octanol–water partition coefficient (Wildman–Crippen LogP) is 2.58. The van der Waals surface area contributed by atoms with Crippen molar-refractivity contribution in [2.75, 3.05) is 5.32 Å². The molecule has 0 aliphatic carbocycles. The number of nitrogens with zero attached hydrogens (tertiary/aromatic N) is 3. The predicted molar refractivity (Wildman–Crippen MR) is 70.0 cm³/mol. The first-order valence-electron chi connectivity index (χ1n) is 5.73. The van der Waals surface area contributed by atoms with Gasteiger partial charge in [0, 0.05) is 6.54 Å². The topological polar surface area (TPSA) is 61.6 Å². The molecular weight excluding hydrogens is 224 g/mol. The smallest absolute Gasteiger partial charge is 0.163 e. The van der Waals surface area contributed by atoms with E-state index in [0.29, 0.717) is 18.1 Å². The van der Waals surface area contributed by atoms with Crippen LogP contribution in [0.5, 0.6) is 0 Å². The Bertz CT molecular complexity index is 582. The lowest BCUT2D eigenvalue weighted by atomic mass is 10.1. The van der Waals surface area contributed by atoms with Crippen molar-refractivity contribution in [3.05, 3.63) is 52.7 Å². The number of anilines is 1. The number of hydrogen-bond donors (Lipinski definition) is 1. The van der Waals surface area contributed by atoms with E-state index in [1.807, 2.05) is 6.07 Å². The molecule has 0 spiro atoms. The Labute approximate surface area is 106 Å². The van der Waals surface area contributed by atoms with Gasteiger partial charge in [-0.05, 0) is 42.7 Å². The van der Waals surface area contributed by atoms with Crippen LogP contribution in [0.25, 0.3) is 0 Å². The Balaban J connectivity index is 2.02. The molecule has 4 nitrogen and oxygen atoms in total. The zero-order valence-corrected chi connectivity index (χ0v) is 10.4. The lowest BCUT2D eigenvalue weighted by Gasteiger charge is -2.07. The molecule has 0 saturated heterocycles. The number of nitrogens with one attached hydrogen (secondary N) is 1. The van der Waals surface area contributed by atoms with Crippen LogP contribution in [0.4, 0.5) is 5.82 Å². The van der Waals surface area contributed by atoms with Gasteiger partial charge in [-0.3, -0.25) is 0 Å². The van der Waals surface area contributed by atoms with Crippen molar-refractivity contribution in [3.8, 4) is 6.07 Å². The number of aromatic nitrogens is 2. The lowest BCUT2D eigenvalue weighted by Crippen LogP contribution is -2.03. The van der Waals surface area contributed by atoms with Crippen LogP contribution < -0.4 is 5.32 Å². The highest BCUT2D eigenvalue weighted by atomic mass is 15.2. The monoisotopic (exact) mass is 238 g/mol. The van der Waals surface area contributed by atoms with Crippen molar-refractivity contribution in [1.29, 1.82) is 5.26 Å². The second kappa shape index (κ2) is 5.28. The Morgan fingerprint density at radius 1 is 1.11 bits per heavy atom. The molecule has 0 saturated carbocycles. The third-order valence-electron chi connectivity index (χ3n) is 2.82. The molecule has 1 aromatic heterocycles. The fraction of sp³-hybridized carbons (Fsp3) is 0.214. The van der Waals surface area contributed by atoms with Crippen LogP contribution in [0, 0.1) is 25.2 Å². The summed E-state index contributed by atoms with van der Waals surface area (Å²) < 4.78 is 0. The van der Waals surface area contributed by atoms with Crippen LogP contribution >= 0.6 is 0 Å². The van der Waals surface area contributed by atoms with Crippen LogP contribution in [-0.2, 0) is 6.54 Å². The van der Waals surface area contributed by atoms with Crippen molar-refractivity contribution in [2.24, 2.45) is 0 Å². The fourth-order valence-electron chi connectivity index (χ4n) is 1.59. The maximum atomic E-state index is 8.62. The summed E-state index contributed by atoms with van der Waals surface area (Å²) in [5, 5.41) is 19.5. The van der Waals surface area contributed by atoms with Gasteiger partial charge in [0.1, 0.15) is 11.9 Å². The third kappa shape index (κ3) is 2.83. The number of aryl methyl sites for hydroxylation is 2. The van der Waals surface area contributed by atoms with Gasteiger partial charge < -0.3 is 5.32 Å². The molecule has 0 bridgehead atoms. The first-order chi connectivity index (χ1) is 8.69. The van der Waals surface area contributed by atoms with Crippen LogP contribution in [-0.4, -0.2) is 10.2 Å². The minimum atomic E-state index is 0.326. The summed E-state index contributed by atoms with van der Waals surface area (Å²) in [6, 6.07) is 11.7. The van der Waals surface area contributed by atoms with Gasteiger partial charge in [0.25, 0.3) is 0 Å². The number of nitriles is 1. The highest BCUT2D eigenvalue weighted by Crippen LogP contribution is 2.11. The van der Waals surface area contributed by atoms with Gasteiger partial charge in [0.2, 0.25) is 0 Å². The molecule has 1 aromatic carbocycles. The van der Waals surface area contributed by atoms with Gasteiger partial charge in [-0.25, -0.2) is 0 Å². The van der Waals surface area contributed by atoms with Crippen molar-refractivity contribution >= 4 is 5.82 Å². The Morgan fingerprint density at radius 2 is 1.94 bits per heavy atom. The minimum absolute atomic E-state index is 0.326. The van der Waals surface area contributed by atoms with Crippen LogP contribution in [0.3, 0.4) is 0 Å². The van der Waals surface area contributed by atoms with Crippen molar-refractivity contribution in [3.63, 3.8) is 0 Å². The summed E-state index contributed by atoms with van der Waals surface area (Å²) in [4.78, 5) is 0. The van der Waals surface area contributed by atoms with Gasteiger partial charge in [-0.2, -0.15) is 5.26 Å². The van der Waals surface area contributed by atoms with Crippen molar-refractivity contribution in [2.45, 2.75) is 20.4 Å². The SMILES string of the molecule is Cc1ccc(CNc2ccc(C#N)nn2)cc1C. The number of hydrogen-bond acceptors (Lipinski definition) is 4. The summed E-state index contributed by atoms with van der Waals surface area (Å²) in [6.07, 6.45) is 0. The van der Waals surface area contributed by atoms with E-state index < -0.39 is 0 Å². The van der Waals surface area contributed by atoms with Crippen molar-refractivity contribution < 1.29 is 0 Å². The third-order valence-corrected chi connectivity index (χ3v) is 2.82. The Morgan fingerprint density at radius 3 is 2.56 bits per heavy atom. The van der Waals surface area contributed by atoms with E-state index in [9.17, 15) is 0 Å². The summed E-state index contributed by atoms with van der Waals surface area (Å²) in [5.41, 5.74) is 4.09. The summed E-state index contributed by atoms with van der Waals surface area (Å²) >= 11 is 0. The van der Waals surface area contributed by atoms with Gasteiger partial charge in [-0.15, -0.1) is 10.2 Å². The standard InChI is InChI=1S/C14H14N4/c1-10-3-4-12(7-11(10)2)9-16-14-6-5-13(8-15)17-18-14/h3-7H,9H2,1-2H3,(H,16,18). The normalized spacial score (nSPS) is 9.83. The number of benzene rings is 1. The van der Waals surface area contributed by atoms with E-state index >= 15 is 0 Å². The fourth-order valence-corrected chi connectivity index (χ4v) is 1.59. The van der Waals surface area contributed by atoms with Crippen molar-refractivity contribution in [1.82, 2.24) is 10.2 Å². The molecule has 2 aromatic rings. The van der Waals surface area contributed by atoms with E-state index in [2.05, 4.69) is 47.6 Å². The van der Waals surface area contributed by atoms with E-state index in [1.54, 1.807) is 12.1 Å². The molecular formula is C14H14N4. The first kappa shape index (κ1) is 12.1. The average molecular weight is 238 g/mol. The molecule has 0 aliphatic rings. The zero-order valence-electron chi connectivity index (χ0n) is 10.4. The maximum absolute atomic E-state index is 8.62. The molecule has 18 heavy (non-hydrogen) atoms. The van der Waals surface area contributed by atoms with Crippen LogP contribution in [0.1, 0.15) is 22.4 Å². The lowest BCUT2D eigenvalue weighted by molar-refractivity contribution is 0.984. The second-order valence-corrected chi connectivity index (χ2v) is 4.19. The zero-order chi connectivity index (χ0) is 13.0. The summed E-state index contributed by atoms with van der Waals surface area (Å²) in [6.45, 7) is 4.89. The largest absolute Gasteiger partial charge is 0.365 e. The minimum Gasteiger partial charge on any atom is -0.365 e.